The van der Waals surface area contributed by atoms with Crippen LogP contribution in [0, 0.1) is 17.8 Å². The van der Waals surface area contributed by atoms with E-state index >= 15 is 0 Å². The highest BCUT2D eigenvalue weighted by molar-refractivity contribution is 6.00. The van der Waals surface area contributed by atoms with Crippen molar-refractivity contribution in [1.82, 2.24) is 14.7 Å². The molecule has 0 aromatic heterocycles. The molecule has 2 fully saturated rings. The third-order valence-corrected chi connectivity index (χ3v) is 9.29. The second-order valence-corrected chi connectivity index (χ2v) is 12.0. The van der Waals surface area contributed by atoms with E-state index in [0.717, 1.165) is 12.0 Å². The topological polar surface area (TPSA) is 90.4 Å². The molecule has 1 aromatic carbocycles. The Hall–Kier alpha value is -2.97. The highest BCUT2D eigenvalue weighted by Gasteiger charge is 2.75. The summed E-state index contributed by atoms with van der Waals surface area (Å²) >= 11 is 0. The Morgan fingerprint density at radius 1 is 0.974 bits per heavy atom. The molecule has 1 spiro atoms. The first-order chi connectivity index (χ1) is 18.6. The summed E-state index contributed by atoms with van der Waals surface area (Å²) in [7, 11) is 0. The Morgan fingerprint density at radius 3 is 2.31 bits per heavy atom. The normalized spacial score (nSPS) is 33.7. The van der Waals surface area contributed by atoms with Crippen molar-refractivity contribution in [3.63, 3.8) is 0 Å². The fourth-order valence-corrected chi connectivity index (χ4v) is 7.11. The van der Waals surface area contributed by atoms with E-state index in [1.54, 1.807) is 14.7 Å². The average molecular weight is 536 g/mol. The maximum Gasteiger partial charge on any atom is 0.249 e. The molecule has 0 saturated carbocycles. The number of likely N-dealkylation sites (tertiary alicyclic amines) is 1. The van der Waals surface area contributed by atoms with Gasteiger partial charge in [0.15, 0.2) is 0 Å². The van der Waals surface area contributed by atoms with E-state index in [-0.39, 0.29) is 36.3 Å². The zero-order valence-corrected chi connectivity index (χ0v) is 23.6. The van der Waals surface area contributed by atoms with Crippen LogP contribution in [-0.4, -0.2) is 86.6 Å². The maximum absolute atomic E-state index is 14.6. The first kappa shape index (κ1) is 27.6. The summed E-state index contributed by atoms with van der Waals surface area (Å²) in [6, 6.07) is 8.18. The zero-order chi connectivity index (χ0) is 28.1. The third-order valence-electron chi connectivity index (χ3n) is 9.29. The van der Waals surface area contributed by atoms with Gasteiger partial charge >= 0.3 is 0 Å². The van der Waals surface area contributed by atoms with Crippen LogP contribution in [0.4, 0.5) is 0 Å². The van der Waals surface area contributed by atoms with Gasteiger partial charge in [0.05, 0.1) is 30.1 Å². The number of nitrogens with zero attached hydrogens (tertiary/aromatic N) is 3. The first-order valence-corrected chi connectivity index (χ1v) is 14.2. The van der Waals surface area contributed by atoms with Gasteiger partial charge in [-0.15, -0.1) is 0 Å². The number of aliphatic hydroxyl groups excluding tert-OH is 1. The quantitative estimate of drug-likeness (QED) is 0.543. The monoisotopic (exact) mass is 535 g/mol. The number of ether oxygens (including phenoxy) is 1. The van der Waals surface area contributed by atoms with Crippen LogP contribution >= 0.6 is 0 Å². The number of carbonyl (C=O) groups is 3. The zero-order valence-electron chi connectivity index (χ0n) is 23.6. The van der Waals surface area contributed by atoms with Crippen molar-refractivity contribution in [3.8, 4) is 0 Å². The summed E-state index contributed by atoms with van der Waals surface area (Å²) in [4.78, 5) is 48.3. The van der Waals surface area contributed by atoms with Crippen molar-refractivity contribution >= 4 is 17.7 Å². The van der Waals surface area contributed by atoms with Gasteiger partial charge in [-0.3, -0.25) is 14.4 Å². The number of fused-ring (bicyclic) bond motifs is 2. The van der Waals surface area contributed by atoms with Crippen LogP contribution < -0.4 is 0 Å². The van der Waals surface area contributed by atoms with E-state index in [0.29, 0.717) is 19.6 Å². The Balaban J connectivity index is 1.63. The van der Waals surface area contributed by atoms with Crippen molar-refractivity contribution in [1.29, 1.82) is 0 Å². The van der Waals surface area contributed by atoms with Crippen LogP contribution in [0.25, 0.3) is 0 Å². The van der Waals surface area contributed by atoms with Crippen LogP contribution in [0.1, 0.15) is 46.6 Å². The minimum Gasteiger partial charge on any atom is -0.394 e. The molecule has 5 rings (SSSR count). The van der Waals surface area contributed by atoms with Crippen LogP contribution in [0.15, 0.2) is 54.6 Å². The smallest absolute Gasteiger partial charge is 0.249 e. The van der Waals surface area contributed by atoms with Gasteiger partial charge in [0.1, 0.15) is 11.6 Å². The Labute approximate surface area is 231 Å². The van der Waals surface area contributed by atoms with Gasteiger partial charge in [0.2, 0.25) is 17.7 Å². The summed E-state index contributed by atoms with van der Waals surface area (Å²) in [6.07, 6.45) is 8.35. The van der Waals surface area contributed by atoms with Crippen molar-refractivity contribution in [2.45, 2.75) is 76.9 Å². The molecule has 4 heterocycles. The Bertz CT molecular complexity index is 1180. The summed E-state index contributed by atoms with van der Waals surface area (Å²) in [5.41, 5.74) is -1.37. The Morgan fingerprint density at radius 2 is 1.67 bits per heavy atom. The van der Waals surface area contributed by atoms with Gasteiger partial charge in [-0.25, -0.2) is 0 Å². The van der Waals surface area contributed by atoms with E-state index < -0.39 is 35.1 Å². The van der Waals surface area contributed by atoms with Gasteiger partial charge in [-0.2, -0.15) is 0 Å². The SMILES string of the molecule is CC[C@H](C)[C@H](CO)N1C(=O)[C@@H]2[C@H]3C(=O)N(Cc4ccccc4)CC=C[C@@]3(C)O[C@@]23C=CCN(C(C)C)C(=O)C13. The molecule has 4 aliphatic heterocycles. The van der Waals surface area contributed by atoms with Crippen LogP contribution in [-0.2, 0) is 25.7 Å². The van der Waals surface area contributed by atoms with E-state index in [1.807, 2.05) is 89.3 Å². The predicted molar refractivity (Wildman–Crippen MR) is 147 cm³/mol. The molecule has 8 nitrogen and oxygen atoms in total. The largest absolute Gasteiger partial charge is 0.394 e. The molecule has 0 bridgehead atoms. The molecule has 1 aromatic rings. The van der Waals surface area contributed by atoms with E-state index in [1.165, 1.54) is 0 Å². The lowest BCUT2D eigenvalue weighted by Crippen LogP contribution is -2.60. The lowest BCUT2D eigenvalue weighted by molar-refractivity contribution is -0.157. The summed E-state index contributed by atoms with van der Waals surface area (Å²) in [5.74, 6) is -2.39. The molecule has 1 N–H and O–H groups in total. The van der Waals surface area contributed by atoms with E-state index in [4.69, 9.17) is 4.74 Å². The summed E-state index contributed by atoms with van der Waals surface area (Å²) in [5, 5.41) is 10.5. The first-order valence-electron chi connectivity index (χ1n) is 14.2. The molecule has 3 amide bonds. The number of carbonyl (C=O) groups excluding carboxylic acids is 3. The fraction of sp³-hybridized carbons (Fsp3) is 0.581. The third kappa shape index (κ3) is 4.23. The second kappa shape index (κ2) is 10.2. The van der Waals surface area contributed by atoms with Crippen molar-refractivity contribution < 1.29 is 24.2 Å². The molecular weight excluding hydrogens is 494 g/mol. The van der Waals surface area contributed by atoms with Gasteiger partial charge in [0.25, 0.3) is 0 Å². The van der Waals surface area contributed by atoms with Crippen LogP contribution in [0.5, 0.6) is 0 Å². The number of rotatable bonds is 7. The molecule has 39 heavy (non-hydrogen) atoms. The van der Waals surface area contributed by atoms with Gasteiger partial charge in [0, 0.05) is 25.7 Å². The molecule has 7 atom stereocenters. The molecule has 210 valence electrons. The van der Waals surface area contributed by atoms with E-state index in [2.05, 4.69) is 0 Å². The molecule has 2 saturated heterocycles. The minimum absolute atomic E-state index is 0.0481. The van der Waals surface area contributed by atoms with Crippen LogP contribution in [0.2, 0.25) is 0 Å². The summed E-state index contributed by atoms with van der Waals surface area (Å²) < 4.78 is 6.89. The molecule has 0 aliphatic carbocycles. The number of aliphatic hydroxyl groups is 1. The Kier molecular flexibility index (Phi) is 7.22. The molecule has 1 unspecified atom stereocenters. The van der Waals surface area contributed by atoms with Gasteiger partial charge in [-0.05, 0) is 32.3 Å². The highest BCUT2D eigenvalue weighted by atomic mass is 16.5. The lowest BCUT2D eigenvalue weighted by atomic mass is 9.74. The fourth-order valence-electron chi connectivity index (χ4n) is 7.11. The number of hydrogen-bond acceptors (Lipinski definition) is 5. The number of amides is 3. The minimum atomic E-state index is -1.31. The molecule has 4 aliphatic rings. The predicted octanol–water partition coefficient (Wildman–Crippen LogP) is 2.77. The standard InChI is InChI=1S/C31H41N3O5/c1-6-21(4)23(19-35)34-26-29(38)33(20(2)3)17-11-15-31(26)25(28(34)37)24-27(36)32(16-10-14-30(24,5)39-31)18-22-12-8-7-9-13-22/h7-15,20-21,23-26,35H,6,16-19H2,1-5H3/t21-,23-,24-,25-,26?,30+,31-/m0/s1. The average Bonchev–Trinajstić information content (AvgIpc) is 3.18. The van der Waals surface area contributed by atoms with E-state index in [9.17, 15) is 19.5 Å². The van der Waals surface area contributed by atoms with Crippen LogP contribution in [0.3, 0.4) is 0 Å². The summed E-state index contributed by atoms with van der Waals surface area (Å²) in [6.45, 7) is 10.7. The maximum atomic E-state index is 14.6. The molecule has 8 heteroatoms. The lowest BCUT2D eigenvalue weighted by Gasteiger charge is -2.42. The molecule has 0 radical (unpaired) electrons. The second-order valence-electron chi connectivity index (χ2n) is 12.0. The molecular formula is C31H41N3O5. The van der Waals surface area contributed by atoms with Crippen molar-refractivity contribution in [2.75, 3.05) is 19.7 Å². The van der Waals surface area contributed by atoms with Crippen molar-refractivity contribution in [3.05, 3.63) is 60.2 Å². The number of hydrogen-bond donors (Lipinski definition) is 1. The van der Waals surface area contributed by atoms with Gasteiger partial charge in [-0.1, -0.05) is 74.9 Å². The highest BCUT2D eigenvalue weighted by Crippen LogP contribution is 2.58. The van der Waals surface area contributed by atoms with Gasteiger partial charge < -0.3 is 24.5 Å². The van der Waals surface area contributed by atoms with Crippen molar-refractivity contribution in [2.24, 2.45) is 17.8 Å². The number of benzene rings is 1.